The molecule has 0 spiro atoms. The highest BCUT2D eigenvalue weighted by molar-refractivity contribution is 5.82. The molecular formula is C20H21N3O2. The number of nitrogens with zero attached hydrogens (tertiary/aromatic N) is 2. The largest absolute Gasteiger partial charge is 0.418 e. The Morgan fingerprint density at radius 1 is 0.960 bits per heavy atom. The van der Waals surface area contributed by atoms with E-state index in [0.29, 0.717) is 11.8 Å². The van der Waals surface area contributed by atoms with Crippen molar-refractivity contribution in [2.75, 3.05) is 0 Å². The maximum absolute atomic E-state index is 12.5. The van der Waals surface area contributed by atoms with Crippen LogP contribution in [0.5, 0.6) is 0 Å². The summed E-state index contributed by atoms with van der Waals surface area (Å²) in [6, 6.07) is 18.7. The lowest BCUT2D eigenvalue weighted by Crippen LogP contribution is -2.38. The maximum atomic E-state index is 12.5. The molecule has 0 unspecified atom stereocenters. The van der Waals surface area contributed by atoms with E-state index in [9.17, 15) is 4.79 Å². The van der Waals surface area contributed by atoms with E-state index in [1.54, 1.807) is 0 Å². The number of rotatable bonds is 4. The molecule has 3 aromatic rings. The molecule has 2 aromatic carbocycles. The Morgan fingerprint density at radius 3 is 2.16 bits per heavy atom. The molecule has 0 fully saturated rings. The molecule has 0 radical (unpaired) electrons. The van der Waals surface area contributed by atoms with Crippen LogP contribution >= 0.6 is 0 Å². The van der Waals surface area contributed by atoms with Crippen molar-refractivity contribution in [2.24, 2.45) is 5.41 Å². The molecule has 0 saturated heterocycles. The van der Waals surface area contributed by atoms with Gasteiger partial charge in [0.2, 0.25) is 17.7 Å². The number of nitrogens with one attached hydrogen (secondary N) is 1. The first-order chi connectivity index (χ1) is 11.9. The van der Waals surface area contributed by atoms with Gasteiger partial charge in [0.15, 0.2) is 0 Å². The fraction of sp³-hybridized carbons (Fsp3) is 0.250. The van der Waals surface area contributed by atoms with Gasteiger partial charge in [0.1, 0.15) is 6.04 Å². The van der Waals surface area contributed by atoms with Crippen LogP contribution in [0.15, 0.2) is 65.1 Å². The van der Waals surface area contributed by atoms with Crippen molar-refractivity contribution < 1.29 is 9.21 Å². The van der Waals surface area contributed by atoms with Crippen molar-refractivity contribution in [2.45, 2.75) is 26.8 Å². The summed E-state index contributed by atoms with van der Waals surface area (Å²) in [5, 5.41) is 11.3. The van der Waals surface area contributed by atoms with E-state index in [1.165, 1.54) is 0 Å². The van der Waals surface area contributed by atoms with Gasteiger partial charge in [0.05, 0.1) is 0 Å². The highest BCUT2D eigenvalue weighted by Gasteiger charge is 2.28. The molecule has 0 saturated carbocycles. The summed E-state index contributed by atoms with van der Waals surface area (Å²) < 4.78 is 5.86. The quantitative estimate of drug-likeness (QED) is 0.783. The number of carbonyl (C=O) groups is 1. The Morgan fingerprint density at radius 2 is 1.56 bits per heavy atom. The Labute approximate surface area is 147 Å². The highest BCUT2D eigenvalue weighted by Crippen LogP contribution is 2.26. The molecule has 3 rings (SSSR count). The number of hydrogen-bond donors (Lipinski definition) is 1. The fourth-order valence-corrected chi connectivity index (χ4v) is 2.33. The molecule has 128 valence electrons. The number of hydrogen-bond acceptors (Lipinski definition) is 4. The summed E-state index contributed by atoms with van der Waals surface area (Å²) in [5.41, 5.74) is 1.22. The van der Waals surface area contributed by atoms with Gasteiger partial charge in [-0.15, -0.1) is 10.2 Å². The van der Waals surface area contributed by atoms with E-state index in [2.05, 4.69) is 15.5 Å². The van der Waals surface area contributed by atoms with E-state index < -0.39 is 11.5 Å². The van der Waals surface area contributed by atoms with Gasteiger partial charge in [-0.25, -0.2) is 0 Å². The van der Waals surface area contributed by atoms with Crippen molar-refractivity contribution >= 4 is 5.91 Å². The standard InChI is InChI=1S/C20H21N3O2/c1-20(2,3)19(24)21-16(14-10-6-4-7-11-14)18-23-22-17(25-18)15-12-8-5-9-13-15/h4-13,16H,1-3H3,(H,21,24)/t16-/m1/s1. The lowest BCUT2D eigenvalue weighted by atomic mass is 9.94. The molecule has 0 aliphatic rings. The fourth-order valence-electron chi connectivity index (χ4n) is 2.33. The summed E-state index contributed by atoms with van der Waals surface area (Å²) >= 11 is 0. The third-order valence-corrected chi connectivity index (χ3v) is 3.80. The van der Waals surface area contributed by atoms with Gasteiger partial charge >= 0.3 is 0 Å². The minimum absolute atomic E-state index is 0.0826. The second kappa shape index (κ2) is 6.89. The zero-order chi connectivity index (χ0) is 17.9. The van der Waals surface area contributed by atoms with Crippen LogP contribution in [0.25, 0.3) is 11.5 Å². The Balaban J connectivity index is 1.95. The van der Waals surface area contributed by atoms with Crippen molar-refractivity contribution in [1.29, 1.82) is 0 Å². The topological polar surface area (TPSA) is 68.0 Å². The Kier molecular flexibility index (Phi) is 4.65. The average molecular weight is 335 g/mol. The SMILES string of the molecule is CC(C)(C)C(=O)N[C@H](c1ccccc1)c1nnc(-c2ccccc2)o1. The molecule has 5 nitrogen and oxygen atoms in total. The number of carbonyl (C=O) groups excluding carboxylic acids is 1. The van der Waals surface area contributed by atoms with Gasteiger partial charge < -0.3 is 9.73 Å². The molecular weight excluding hydrogens is 314 g/mol. The van der Waals surface area contributed by atoms with Crippen LogP contribution in [0.4, 0.5) is 0 Å². The van der Waals surface area contributed by atoms with Crippen LogP contribution in [0, 0.1) is 5.41 Å². The predicted octanol–water partition coefficient (Wildman–Crippen LogP) is 3.99. The lowest BCUT2D eigenvalue weighted by molar-refractivity contribution is -0.129. The molecule has 1 heterocycles. The van der Waals surface area contributed by atoms with Crippen molar-refractivity contribution in [1.82, 2.24) is 15.5 Å². The van der Waals surface area contributed by atoms with Gasteiger partial charge in [0.25, 0.3) is 0 Å². The minimum atomic E-state index is -0.519. The minimum Gasteiger partial charge on any atom is -0.418 e. The molecule has 1 amide bonds. The first kappa shape index (κ1) is 16.9. The van der Waals surface area contributed by atoms with Crippen molar-refractivity contribution in [3.63, 3.8) is 0 Å². The zero-order valence-electron chi connectivity index (χ0n) is 14.6. The summed E-state index contributed by atoms with van der Waals surface area (Å²) in [6.07, 6.45) is 0. The van der Waals surface area contributed by atoms with E-state index in [1.807, 2.05) is 81.4 Å². The van der Waals surface area contributed by atoms with Gasteiger partial charge in [-0.1, -0.05) is 69.3 Å². The first-order valence-corrected chi connectivity index (χ1v) is 8.20. The van der Waals surface area contributed by atoms with Crippen molar-refractivity contribution in [3.05, 3.63) is 72.1 Å². The third kappa shape index (κ3) is 3.94. The molecule has 0 bridgehead atoms. The van der Waals surface area contributed by atoms with Crippen molar-refractivity contribution in [3.8, 4) is 11.5 Å². The van der Waals surface area contributed by atoms with E-state index in [0.717, 1.165) is 11.1 Å². The molecule has 0 aliphatic heterocycles. The molecule has 1 aromatic heterocycles. The molecule has 25 heavy (non-hydrogen) atoms. The number of benzene rings is 2. The Hall–Kier alpha value is -2.95. The van der Waals surface area contributed by atoms with Crippen LogP contribution < -0.4 is 5.32 Å². The Bertz CT molecular complexity index is 836. The summed E-state index contributed by atoms with van der Waals surface area (Å²) in [5.74, 6) is 0.713. The molecule has 5 heteroatoms. The predicted molar refractivity (Wildman–Crippen MR) is 95.6 cm³/mol. The van der Waals surface area contributed by atoms with Gasteiger partial charge in [-0.3, -0.25) is 4.79 Å². The molecule has 1 atom stereocenters. The smallest absolute Gasteiger partial charge is 0.247 e. The average Bonchev–Trinajstić information content (AvgIpc) is 3.10. The highest BCUT2D eigenvalue weighted by atomic mass is 16.4. The second-order valence-corrected chi connectivity index (χ2v) is 6.88. The molecule has 0 aliphatic carbocycles. The van der Waals surface area contributed by atoms with Crippen LogP contribution in [-0.2, 0) is 4.79 Å². The molecule has 1 N–H and O–H groups in total. The second-order valence-electron chi connectivity index (χ2n) is 6.88. The maximum Gasteiger partial charge on any atom is 0.247 e. The van der Waals surface area contributed by atoms with E-state index in [-0.39, 0.29) is 5.91 Å². The van der Waals surface area contributed by atoms with Gasteiger partial charge in [0, 0.05) is 11.0 Å². The zero-order valence-corrected chi connectivity index (χ0v) is 14.6. The van der Waals surface area contributed by atoms with Crippen LogP contribution in [0.3, 0.4) is 0 Å². The monoisotopic (exact) mass is 335 g/mol. The van der Waals surface area contributed by atoms with Crippen LogP contribution in [0.2, 0.25) is 0 Å². The lowest BCUT2D eigenvalue weighted by Gasteiger charge is -2.22. The van der Waals surface area contributed by atoms with Gasteiger partial charge in [-0.2, -0.15) is 0 Å². The normalized spacial score (nSPS) is 12.6. The first-order valence-electron chi connectivity index (χ1n) is 8.20. The van der Waals surface area contributed by atoms with Crippen LogP contribution in [-0.4, -0.2) is 16.1 Å². The third-order valence-electron chi connectivity index (χ3n) is 3.80. The van der Waals surface area contributed by atoms with E-state index in [4.69, 9.17) is 4.42 Å². The van der Waals surface area contributed by atoms with Gasteiger partial charge in [-0.05, 0) is 17.7 Å². The summed E-state index contributed by atoms with van der Waals surface area (Å²) in [7, 11) is 0. The van der Waals surface area contributed by atoms with E-state index >= 15 is 0 Å². The van der Waals surface area contributed by atoms with Crippen LogP contribution in [0.1, 0.15) is 38.3 Å². The summed E-state index contributed by atoms with van der Waals surface area (Å²) in [4.78, 5) is 12.5. The number of amides is 1. The number of aromatic nitrogens is 2. The summed E-state index contributed by atoms with van der Waals surface area (Å²) in [6.45, 7) is 5.61.